The molecule has 3 nitrogen and oxygen atoms in total. The molecule has 0 spiro atoms. The number of halogens is 3. The van der Waals surface area contributed by atoms with Gasteiger partial charge in [0.1, 0.15) is 6.26 Å². The van der Waals surface area contributed by atoms with E-state index in [4.69, 9.17) is 16.1 Å². The van der Waals surface area contributed by atoms with Gasteiger partial charge in [0.25, 0.3) is 6.43 Å². The summed E-state index contributed by atoms with van der Waals surface area (Å²) in [5.74, 6) is 0. The fraction of sp³-hybridized carbons (Fsp3) is 0.0909. The molecule has 0 saturated heterocycles. The third-order valence-corrected chi connectivity index (χ3v) is 2.81. The first-order valence-corrected chi connectivity index (χ1v) is 5.16. The summed E-state index contributed by atoms with van der Waals surface area (Å²) in [7, 11) is 0. The Morgan fingerprint density at radius 2 is 2.06 bits per heavy atom. The largest absolute Gasteiger partial charge is 0.363 e. The minimum Gasteiger partial charge on any atom is -0.363 e. The Morgan fingerprint density at radius 1 is 1.24 bits per heavy atom. The Hall–Kier alpha value is -1.75. The number of pyridine rings is 1. The highest BCUT2D eigenvalue weighted by Gasteiger charge is 2.13. The van der Waals surface area contributed by atoms with Gasteiger partial charge in [-0.15, -0.1) is 0 Å². The van der Waals surface area contributed by atoms with Crippen molar-refractivity contribution in [3.63, 3.8) is 0 Å². The minimum atomic E-state index is -2.52. The van der Waals surface area contributed by atoms with Gasteiger partial charge in [0.15, 0.2) is 10.7 Å². The average Bonchev–Trinajstić information content (AvgIpc) is 2.78. The van der Waals surface area contributed by atoms with E-state index in [9.17, 15) is 8.78 Å². The fourth-order valence-corrected chi connectivity index (χ4v) is 1.97. The Kier molecular flexibility index (Phi) is 2.22. The van der Waals surface area contributed by atoms with Crippen LogP contribution in [-0.4, -0.2) is 10.1 Å². The minimum absolute atomic E-state index is 0.0656. The predicted molar refractivity (Wildman–Crippen MR) is 59.3 cm³/mol. The standard InChI is InChI=1S/C11H5ClF2N2O/c12-10-9-7(4-17-16-9)6-3-5(11(13)14)1-2-8(6)15-10/h1-4,11H. The number of nitrogens with zero attached hydrogens (tertiary/aromatic N) is 2. The van der Waals surface area contributed by atoms with Gasteiger partial charge in [-0.05, 0) is 12.1 Å². The van der Waals surface area contributed by atoms with Gasteiger partial charge in [0.2, 0.25) is 0 Å². The number of aromatic nitrogens is 2. The molecule has 0 bridgehead atoms. The molecule has 0 fully saturated rings. The number of alkyl halides is 2. The van der Waals surface area contributed by atoms with Crippen molar-refractivity contribution < 1.29 is 13.3 Å². The molecule has 0 aliphatic heterocycles. The molecule has 3 aromatic rings. The van der Waals surface area contributed by atoms with Crippen molar-refractivity contribution in [1.29, 1.82) is 0 Å². The van der Waals surface area contributed by atoms with Crippen LogP contribution in [-0.2, 0) is 0 Å². The molecule has 0 amide bonds. The molecule has 6 heteroatoms. The molecule has 1 aromatic carbocycles. The first kappa shape index (κ1) is 10.4. The van der Waals surface area contributed by atoms with Gasteiger partial charge in [-0.2, -0.15) is 0 Å². The van der Waals surface area contributed by atoms with Gasteiger partial charge < -0.3 is 4.52 Å². The Morgan fingerprint density at radius 3 is 2.82 bits per heavy atom. The summed E-state index contributed by atoms with van der Waals surface area (Å²) in [6.45, 7) is 0. The summed E-state index contributed by atoms with van der Waals surface area (Å²) in [4.78, 5) is 4.07. The van der Waals surface area contributed by atoms with Crippen LogP contribution in [0.15, 0.2) is 29.0 Å². The number of rotatable bonds is 1. The van der Waals surface area contributed by atoms with Gasteiger partial charge in [-0.3, -0.25) is 0 Å². The second kappa shape index (κ2) is 3.63. The number of fused-ring (bicyclic) bond motifs is 3. The molecular weight excluding hydrogens is 250 g/mol. The molecule has 0 radical (unpaired) electrons. The molecule has 0 aliphatic rings. The fourth-order valence-electron chi connectivity index (χ4n) is 1.74. The maximum absolute atomic E-state index is 12.6. The number of hydrogen-bond donors (Lipinski definition) is 0. The van der Waals surface area contributed by atoms with Gasteiger partial charge in [-0.1, -0.05) is 22.8 Å². The smallest absolute Gasteiger partial charge is 0.263 e. The van der Waals surface area contributed by atoms with Crippen molar-refractivity contribution in [2.45, 2.75) is 6.43 Å². The highest BCUT2D eigenvalue weighted by Crippen LogP contribution is 2.30. The lowest BCUT2D eigenvalue weighted by molar-refractivity contribution is 0.151. The maximum atomic E-state index is 12.6. The van der Waals surface area contributed by atoms with Crippen LogP contribution in [0.4, 0.5) is 8.78 Å². The zero-order valence-corrected chi connectivity index (χ0v) is 9.08. The van der Waals surface area contributed by atoms with Crippen LogP contribution < -0.4 is 0 Å². The van der Waals surface area contributed by atoms with Gasteiger partial charge in [0.05, 0.1) is 10.9 Å². The van der Waals surface area contributed by atoms with E-state index in [0.717, 1.165) is 0 Å². The summed E-state index contributed by atoms with van der Waals surface area (Å²) >= 11 is 5.90. The number of hydrogen-bond acceptors (Lipinski definition) is 3. The van der Waals surface area contributed by atoms with Crippen LogP contribution in [0.5, 0.6) is 0 Å². The van der Waals surface area contributed by atoms with Gasteiger partial charge in [0, 0.05) is 10.9 Å². The Bertz CT molecular complexity index is 711. The quantitative estimate of drug-likeness (QED) is 0.617. The third-order valence-electron chi connectivity index (χ3n) is 2.55. The lowest BCUT2D eigenvalue weighted by Gasteiger charge is -2.03. The van der Waals surface area contributed by atoms with Gasteiger partial charge >= 0.3 is 0 Å². The Balaban J connectivity index is 2.44. The first-order chi connectivity index (χ1) is 8.16. The van der Waals surface area contributed by atoms with E-state index in [0.29, 0.717) is 21.8 Å². The van der Waals surface area contributed by atoms with Crippen molar-refractivity contribution >= 4 is 33.4 Å². The normalized spacial score (nSPS) is 11.8. The molecule has 2 heterocycles. The highest BCUT2D eigenvalue weighted by molar-refractivity contribution is 6.35. The molecule has 3 rings (SSSR count). The second-order valence-corrected chi connectivity index (χ2v) is 3.91. The average molecular weight is 255 g/mol. The first-order valence-electron chi connectivity index (χ1n) is 4.78. The summed E-state index contributed by atoms with van der Waals surface area (Å²) in [5.41, 5.74) is 0.852. The van der Waals surface area contributed by atoms with E-state index < -0.39 is 6.43 Å². The van der Waals surface area contributed by atoms with Crippen molar-refractivity contribution in [3.05, 3.63) is 35.2 Å². The SMILES string of the molecule is FC(F)c1ccc2nc(Cl)c3nocc3c2c1. The van der Waals surface area contributed by atoms with E-state index in [1.165, 1.54) is 24.5 Å². The topological polar surface area (TPSA) is 38.9 Å². The zero-order chi connectivity index (χ0) is 12.0. The third kappa shape index (κ3) is 1.54. The van der Waals surface area contributed by atoms with Crippen molar-refractivity contribution in [3.8, 4) is 0 Å². The second-order valence-electron chi connectivity index (χ2n) is 3.56. The lowest BCUT2D eigenvalue weighted by Crippen LogP contribution is -1.87. The van der Waals surface area contributed by atoms with E-state index >= 15 is 0 Å². The van der Waals surface area contributed by atoms with Crippen LogP contribution >= 0.6 is 11.6 Å². The molecule has 0 atom stereocenters. The molecule has 0 N–H and O–H groups in total. The predicted octanol–water partition coefficient (Wildman–Crippen LogP) is 3.97. The van der Waals surface area contributed by atoms with Crippen LogP contribution in [0.3, 0.4) is 0 Å². The summed E-state index contributed by atoms with van der Waals surface area (Å²) in [5, 5.41) is 5.03. The van der Waals surface area contributed by atoms with E-state index in [1.807, 2.05) is 0 Å². The Labute approximate surface area is 99.0 Å². The maximum Gasteiger partial charge on any atom is 0.263 e. The molecule has 2 aromatic heterocycles. The summed E-state index contributed by atoms with van der Waals surface area (Å²) in [6, 6.07) is 4.22. The van der Waals surface area contributed by atoms with E-state index in [-0.39, 0.29) is 10.7 Å². The van der Waals surface area contributed by atoms with Crippen molar-refractivity contribution in [2.75, 3.05) is 0 Å². The summed E-state index contributed by atoms with van der Waals surface area (Å²) in [6.07, 6.45) is -1.15. The number of benzene rings is 1. The highest BCUT2D eigenvalue weighted by atomic mass is 35.5. The van der Waals surface area contributed by atoms with Crippen LogP contribution in [0.1, 0.15) is 12.0 Å². The molecular formula is C11H5ClF2N2O. The molecule has 86 valence electrons. The van der Waals surface area contributed by atoms with Crippen LogP contribution in [0, 0.1) is 0 Å². The van der Waals surface area contributed by atoms with Gasteiger partial charge in [-0.25, -0.2) is 13.8 Å². The van der Waals surface area contributed by atoms with E-state index in [1.54, 1.807) is 0 Å². The molecule has 0 unspecified atom stereocenters. The van der Waals surface area contributed by atoms with Crippen molar-refractivity contribution in [2.24, 2.45) is 0 Å². The van der Waals surface area contributed by atoms with Crippen molar-refractivity contribution in [1.82, 2.24) is 10.1 Å². The lowest BCUT2D eigenvalue weighted by atomic mass is 10.1. The monoisotopic (exact) mass is 254 g/mol. The molecule has 17 heavy (non-hydrogen) atoms. The summed E-state index contributed by atoms with van der Waals surface area (Å²) < 4.78 is 30.0. The molecule has 0 aliphatic carbocycles. The van der Waals surface area contributed by atoms with Crippen LogP contribution in [0.25, 0.3) is 21.8 Å². The van der Waals surface area contributed by atoms with E-state index in [2.05, 4.69) is 10.1 Å². The zero-order valence-electron chi connectivity index (χ0n) is 8.32. The van der Waals surface area contributed by atoms with Crippen LogP contribution in [0.2, 0.25) is 5.15 Å². The molecule has 0 saturated carbocycles.